The molecule has 1 aliphatic heterocycles. The first-order chi connectivity index (χ1) is 5.68. The molecule has 1 nitrogen and oxygen atoms in total. The summed E-state index contributed by atoms with van der Waals surface area (Å²) in [6.07, 6.45) is 0. The highest BCUT2D eigenvalue weighted by atomic mass is 35.5. The van der Waals surface area contributed by atoms with E-state index in [1.807, 2.05) is 0 Å². The summed E-state index contributed by atoms with van der Waals surface area (Å²) in [7, 11) is 0. The van der Waals surface area contributed by atoms with Crippen LogP contribution in [0.1, 0.15) is 36.2 Å². The lowest BCUT2D eigenvalue weighted by atomic mass is 9.97. The number of fused-ring (bicyclic) bond motifs is 1. The first-order valence-electron chi connectivity index (χ1n) is 4.21. The van der Waals surface area contributed by atoms with Crippen molar-refractivity contribution >= 4 is 22.9 Å². The van der Waals surface area contributed by atoms with Crippen LogP contribution in [0.4, 0.5) is 0 Å². The smallest absolute Gasteiger partial charge is 0.0934 e. The quantitative estimate of drug-likeness (QED) is 0.680. The van der Waals surface area contributed by atoms with Gasteiger partial charge in [-0.15, -0.1) is 11.3 Å². The highest BCUT2D eigenvalue weighted by Gasteiger charge is 2.23. The van der Waals surface area contributed by atoms with Crippen LogP contribution < -0.4 is 5.32 Å². The maximum absolute atomic E-state index is 5.97. The molecule has 0 radical (unpaired) electrons. The molecule has 0 amide bonds. The minimum Gasteiger partial charge on any atom is -0.310 e. The maximum atomic E-state index is 5.97. The Morgan fingerprint density at radius 1 is 1.58 bits per heavy atom. The highest BCUT2D eigenvalue weighted by Crippen LogP contribution is 2.38. The molecule has 0 saturated heterocycles. The van der Waals surface area contributed by atoms with Gasteiger partial charge in [-0.1, -0.05) is 18.5 Å². The van der Waals surface area contributed by atoms with Gasteiger partial charge in [0.1, 0.15) is 0 Å². The maximum Gasteiger partial charge on any atom is 0.0934 e. The molecule has 2 rings (SSSR count). The summed E-state index contributed by atoms with van der Waals surface area (Å²) in [5, 5.41) is 3.45. The average Bonchev–Trinajstić information content (AvgIpc) is 2.41. The topological polar surface area (TPSA) is 12.0 Å². The third-order valence-corrected chi connectivity index (χ3v) is 3.92. The Kier molecular flexibility index (Phi) is 2.15. The van der Waals surface area contributed by atoms with Crippen molar-refractivity contribution in [3.8, 4) is 0 Å². The van der Waals surface area contributed by atoms with Crippen LogP contribution in [-0.2, 0) is 0 Å². The van der Waals surface area contributed by atoms with Crippen molar-refractivity contribution < 1.29 is 0 Å². The summed E-state index contributed by atoms with van der Waals surface area (Å²) in [5.74, 6) is 0.619. The van der Waals surface area contributed by atoms with Gasteiger partial charge < -0.3 is 5.32 Å². The number of halogens is 1. The molecule has 1 aliphatic rings. The second-order valence-electron chi connectivity index (χ2n) is 3.40. The molecule has 0 aliphatic carbocycles. The van der Waals surface area contributed by atoms with Crippen molar-refractivity contribution in [2.45, 2.75) is 25.8 Å². The lowest BCUT2D eigenvalue weighted by molar-refractivity contribution is 0.502. The molecule has 0 bridgehead atoms. The minimum absolute atomic E-state index is 0.472. The van der Waals surface area contributed by atoms with E-state index in [0.717, 1.165) is 10.9 Å². The van der Waals surface area contributed by atoms with E-state index in [9.17, 15) is 0 Å². The molecule has 1 N–H and O–H groups in total. The Labute approximate surface area is 81.7 Å². The van der Waals surface area contributed by atoms with Crippen LogP contribution in [0, 0.1) is 0 Å². The van der Waals surface area contributed by atoms with Crippen LogP contribution in [0.5, 0.6) is 0 Å². The molecule has 66 valence electrons. The van der Waals surface area contributed by atoms with Crippen molar-refractivity contribution in [1.82, 2.24) is 5.32 Å². The molecule has 0 spiro atoms. The zero-order valence-electron chi connectivity index (χ0n) is 7.23. The molecule has 1 aromatic heterocycles. The number of nitrogens with one attached hydrogen (secondary N) is 1. The van der Waals surface area contributed by atoms with Gasteiger partial charge in [0, 0.05) is 23.4 Å². The van der Waals surface area contributed by atoms with Crippen molar-refractivity contribution in [1.29, 1.82) is 0 Å². The molecule has 2 unspecified atom stereocenters. The second-order valence-corrected chi connectivity index (χ2v) is 5.12. The Balaban J connectivity index is 2.47. The van der Waals surface area contributed by atoms with E-state index in [1.165, 1.54) is 10.4 Å². The summed E-state index contributed by atoms with van der Waals surface area (Å²) in [4.78, 5) is 1.46. The molecule has 0 saturated carbocycles. The predicted octanol–water partition coefficient (Wildman–Crippen LogP) is 3.17. The zero-order chi connectivity index (χ0) is 8.72. The van der Waals surface area contributed by atoms with Crippen molar-refractivity contribution in [3.05, 3.63) is 20.8 Å². The van der Waals surface area contributed by atoms with Gasteiger partial charge in [0.05, 0.1) is 4.34 Å². The van der Waals surface area contributed by atoms with Gasteiger partial charge in [0.15, 0.2) is 0 Å². The molecular weight excluding hydrogens is 190 g/mol. The predicted molar refractivity (Wildman–Crippen MR) is 54.2 cm³/mol. The molecule has 1 aromatic rings. The van der Waals surface area contributed by atoms with E-state index in [1.54, 1.807) is 11.3 Å². The second kappa shape index (κ2) is 3.02. The van der Waals surface area contributed by atoms with E-state index in [2.05, 4.69) is 25.2 Å². The first-order valence-corrected chi connectivity index (χ1v) is 5.40. The van der Waals surface area contributed by atoms with Crippen LogP contribution in [0.2, 0.25) is 4.34 Å². The fourth-order valence-corrected chi connectivity index (χ4v) is 3.07. The fraction of sp³-hybridized carbons (Fsp3) is 0.556. The SMILES string of the molecule is CC1CNC(C)c2cc(Cl)sc21. The van der Waals surface area contributed by atoms with Crippen molar-refractivity contribution in [2.24, 2.45) is 0 Å². The van der Waals surface area contributed by atoms with Crippen LogP contribution in [0.15, 0.2) is 6.07 Å². The van der Waals surface area contributed by atoms with Crippen LogP contribution in [0.25, 0.3) is 0 Å². The molecular formula is C9H12ClNS. The normalized spacial score (nSPS) is 28.6. The Morgan fingerprint density at radius 2 is 2.33 bits per heavy atom. The standard InChI is InChI=1S/C9H12ClNS/c1-5-4-11-6(2)7-3-8(10)12-9(5)7/h3,5-6,11H,4H2,1-2H3. The molecule has 3 heteroatoms. The largest absolute Gasteiger partial charge is 0.310 e. The average molecular weight is 202 g/mol. The van der Waals surface area contributed by atoms with Gasteiger partial charge in [-0.3, -0.25) is 0 Å². The molecule has 2 atom stereocenters. The lowest BCUT2D eigenvalue weighted by Gasteiger charge is -2.25. The number of rotatable bonds is 0. The van der Waals surface area contributed by atoms with E-state index in [4.69, 9.17) is 11.6 Å². The Bertz CT molecular complexity index is 267. The summed E-state index contributed by atoms with van der Waals surface area (Å²) >= 11 is 7.70. The van der Waals surface area contributed by atoms with Gasteiger partial charge in [0.2, 0.25) is 0 Å². The van der Waals surface area contributed by atoms with Gasteiger partial charge in [-0.25, -0.2) is 0 Å². The summed E-state index contributed by atoms with van der Waals surface area (Å²) in [6, 6.07) is 2.56. The summed E-state index contributed by atoms with van der Waals surface area (Å²) in [5.41, 5.74) is 1.39. The number of hydrogen-bond donors (Lipinski definition) is 1. The summed E-state index contributed by atoms with van der Waals surface area (Å²) < 4.78 is 0.919. The highest BCUT2D eigenvalue weighted by molar-refractivity contribution is 7.16. The molecule has 2 heterocycles. The van der Waals surface area contributed by atoms with E-state index in [-0.39, 0.29) is 0 Å². The third-order valence-electron chi connectivity index (χ3n) is 2.41. The summed E-state index contributed by atoms with van der Waals surface area (Å²) in [6.45, 7) is 5.50. The minimum atomic E-state index is 0.472. The van der Waals surface area contributed by atoms with Gasteiger partial charge in [0.25, 0.3) is 0 Å². The van der Waals surface area contributed by atoms with Crippen LogP contribution in [0.3, 0.4) is 0 Å². The van der Waals surface area contributed by atoms with Crippen LogP contribution in [-0.4, -0.2) is 6.54 Å². The van der Waals surface area contributed by atoms with E-state index >= 15 is 0 Å². The molecule has 12 heavy (non-hydrogen) atoms. The van der Waals surface area contributed by atoms with E-state index < -0.39 is 0 Å². The lowest BCUT2D eigenvalue weighted by Crippen LogP contribution is -2.28. The molecule has 0 fully saturated rings. The number of hydrogen-bond acceptors (Lipinski definition) is 2. The Morgan fingerprint density at radius 3 is 3.00 bits per heavy atom. The van der Waals surface area contributed by atoms with Crippen LogP contribution >= 0.6 is 22.9 Å². The van der Waals surface area contributed by atoms with Gasteiger partial charge in [-0.2, -0.15) is 0 Å². The van der Waals surface area contributed by atoms with Gasteiger partial charge in [-0.05, 0) is 18.6 Å². The number of thiophene rings is 1. The molecule has 0 aromatic carbocycles. The van der Waals surface area contributed by atoms with Crippen molar-refractivity contribution in [3.63, 3.8) is 0 Å². The Hall–Kier alpha value is -0.0500. The monoisotopic (exact) mass is 201 g/mol. The van der Waals surface area contributed by atoms with Gasteiger partial charge >= 0.3 is 0 Å². The van der Waals surface area contributed by atoms with E-state index in [0.29, 0.717) is 12.0 Å². The third kappa shape index (κ3) is 1.28. The fourth-order valence-electron chi connectivity index (χ4n) is 1.67. The first kappa shape index (κ1) is 8.54. The zero-order valence-corrected chi connectivity index (χ0v) is 8.80. The van der Waals surface area contributed by atoms with Crippen molar-refractivity contribution in [2.75, 3.05) is 6.54 Å².